The summed E-state index contributed by atoms with van der Waals surface area (Å²) in [5.41, 5.74) is 2.09. The number of sulfonamides is 1. The summed E-state index contributed by atoms with van der Waals surface area (Å²) < 4.78 is 32.3. The van der Waals surface area contributed by atoms with Crippen LogP contribution in [0.3, 0.4) is 0 Å². The second kappa shape index (κ2) is 9.59. The van der Waals surface area contributed by atoms with E-state index in [-0.39, 0.29) is 23.1 Å². The summed E-state index contributed by atoms with van der Waals surface area (Å²) in [6, 6.07) is 15.3. The number of hydrogen-bond acceptors (Lipinski definition) is 4. The van der Waals surface area contributed by atoms with Gasteiger partial charge in [0.25, 0.3) is 0 Å². The third kappa shape index (κ3) is 5.19. The third-order valence-electron chi connectivity index (χ3n) is 5.49. The summed E-state index contributed by atoms with van der Waals surface area (Å²) in [6.07, 6.45) is 0. The Hall–Kier alpha value is -2.42. The van der Waals surface area contributed by atoms with Crippen LogP contribution in [0.25, 0.3) is 0 Å². The van der Waals surface area contributed by atoms with Crippen LogP contribution in [0.2, 0.25) is 0 Å². The second-order valence-electron chi connectivity index (χ2n) is 7.71. The molecule has 0 saturated carbocycles. The molecule has 1 N–H and O–H groups in total. The van der Waals surface area contributed by atoms with Gasteiger partial charge in [-0.25, -0.2) is 8.42 Å². The first-order chi connectivity index (χ1) is 14.3. The molecule has 0 radical (unpaired) electrons. The quantitative estimate of drug-likeness (QED) is 0.694. The van der Waals surface area contributed by atoms with Gasteiger partial charge in [0.15, 0.2) is 0 Å². The molecule has 1 fully saturated rings. The van der Waals surface area contributed by atoms with E-state index < -0.39 is 10.0 Å². The van der Waals surface area contributed by atoms with Gasteiger partial charge < -0.3 is 14.5 Å². The molecule has 1 aliphatic rings. The van der Waals surface area contributed by atoms with Crippen molar-refractivity contribution in [1.29, 1.82) is 0 Å². The molecular formula is C22H30N3O4S+. The van der Waals surface area contributed by atoms with Crippen LogP contribution in [0.1, 0.15) is 11.1 Å². The first-order valence-electron chi connectivity index (χ1n) is 10.1. The number of methoxy groups -OCH3 is 1. The lowest BCUT2D eigenvalue weighted by Crippen LogP contribution is -3.13. The van der Waals surface area contributed by atoms with E-state index in [1.165, 1.54) is 24.6 Å². The number of carbonyl (C=O) groups excluding carboxylic acids is 1. The molecule has 3 rings (SSSR count). The van der Waals surface area contributed by atoms with Gasteiger partial charge in [0, 0.05) is 12.6 Å². The number of hydrogen-bond donors (Lipinski definition) is 1. The van der Waals surface area contributed by atoms with E-state index in [0.717, 1.165) is 29.5 Å². The second-order valence-corrected chi connectivity index (χ2v) is 9.72. The van der Waals surface area contributed by atoms with Gasteiger partial charge in [0.1, 0.15) is 17.2 Å². The van der Waals surface area contributed by atoms with Crippen LogP contribution in [0.4, 0.5) is 0 Å². The molecule has 7 nitrogen and oxygen atoms in total. The highest BCUT2D eigenvalue weighted by Crippen LogP contribution is 2.27. The van der Waals surface area contributed by atoms with Crippen LogP contribution < -0.4 is 9.64 Å². The van der Waals surface area contributed by atoms with Gasteiger partial charge in [-0.3, -0.25) is 4.79 Å². The van der Waals surface area contributed by atoms with Crippen LogP contribution in [-0.4, -0.2) is 70.4 Å². The van der Waals surface area contributed by atoms with Crippen molar-refractivity contribution in [2.24, 2.45) is 0 Å². The number of piperazine rings is 1. The minimum absolute atomic E-state index is 0.0809. The molecule has 0 atom stereocenters. The van der Waals surface area contributed by atoms with Gasteiger partial charge in [-0.2, -0.15) is 4.31 Å². The predicted octanol–water partition coefficient (Wildman–Crippen LogP) is 0.551. The molecule has 8 heteroatoms. The van der Waals surface area contributed by atoms with Gasteiger partial charge in [0.05, 0.1) is 39.8 Å². The van der Waals surface area contributed by atoms with Crippen molar-refractivity contribution in [3.8, 4) is 5.75 Å². The van der Waals surface area contributed by atoms with Crippen LogP contribution in [0.15, 0.2) is 53.4 Å². The minimum Gasteiger partial charge on any atom is -0.495 e. The van der Waals surface area contributed by atoms with Gasteiger partial charge in [-0.1, -0.05) is 36.4 Å². The molecule has 1 amide bonds. The SMILES string of the molecule is COc1ccc(C)cc1S(=O)(=O)N(C)CC(=O)N1CC[NH+](Cc2ccccc2)CC1. The number of ether oxygens (including phenoxy) is 1. The van der Waals surface area contributed by atoms with Crippen molar-refractivity contribution in [3.05, 3.63) is 59.7 Å². The number of amides is 1. The van der Waals surface area contributed by atoms with Gasteiger partial charge >= 0.3 is 0 Å². The molecule has 30 heavy (non-hydrogen) atoms. The molecule has 162 valence electrons. The molecule has 1 saturated heterocycles. The van der Waals surface area contributed by atoms with Gasteiger partial charge in [-0.05, 0) is 24.6 Å². The first kappa shape index (κ1) is 22.3. The van der Waals surface area contributed by atoms with E-state index in [0.29, 0.717) is 13.1 Å². The highest BCUT2D eigenvalue weighted by Gasteiger charge is 2.30. The highest BCUT2D eigenvalue weighted by atomic mass is 32.2. The number of rotatable bonds is 7. The Morgan fingerprint density at radius 1 is 1.13 bits per heavy atom. The molecule has 0 aliphatic carbocycles. The standard InChI is InChI=1S/C22H29N3O4S/c1-18-9-10-20(29-3)21(15-18)30(27,28)23(2)17-22(26)25-13-11-24(12-14-25)16-19-7-5-4-6-8-19/h4-10,15H,11-14,16-17H2,1-3H3/p+1. The van der Waals surface area contributed by atoms with Crippen LogP contribution in [0.5, 0.6) is 5.75 Å². The van der Waals surface area contributed by atoms with Crippen molar-refractivity contribution in [1.82, 2.24) is 9.21 Å². The number of quaternary nitrogens is 1. The maximum absolute atomic E-state index is 13.0. The molecule has 0 spiro atoms. The van der Waals surface area contributed by atoms with E-state index >= 15 is 0 Å². The van der Waals surface area contributed by atoms with E-state index in [1.807, 2.05) is 25.1 Å². The lowest BCUT2D eigenvalue weighted by atomic mass is 10.2. The summed E-state index contributed by atoms with van der Waals surface area (Å²) in [5.74, 6) is 0.101. The average Bonchev–Trinajstić information content (AvgIpc) is 2.74. The van der Waals surface area contributed by atoms with E-state index in [2.05, 4.69) is 12.1 Å². The first-order valence-corrected chi connectivity index (χ1v) is 11.5. The number of aryl methyl sites for hydroxylation is 1. The smallest absolute Gasteiger partial charge is 0.246 e. The molecule has 0 aromatic heterocycles. The number of benzene rings is 2. The molecule has 2 aromatic rings. The monoisotopic (exact) mass is 432 g/mol. The predicted molar refractivity (Wildman–Crippen MR) is 115 cm³/mol. The zero-order valence-corrected chi connectivity index (χ0v) is 18.6. The number of nitrogens with zero attached hydrogens (tertiary/aromatic N) is 2. The molecule has 1 heterocycles. The maximum Gasteiger partial charge on any atom is 0.246 e. The third-order valence-corrected chi connectivity index (χ3v) is 7.31. The molecule has 1 aliphatic heterocycles. The van der Waals surface area contributed by atoms with Crippen LogP contribution >= 0.6 is 0 Å². The molecular weight excluding hydrogens is 402 g/mol. The van der Waals surface area contributed by atoms with Crippen molar-refractivity contribution in [2.45, 2.75) is 18.4 Å². The minimum atomic E-state index is -3.83. The van der Waals surface area contributed by atoms with Crippen molar-refractivity contribution in [2.75, 3.05) is 46.9 Å². The van der Waals surface area contributed by atoms with E-state index in [9.17, 15) is 13.2 Å². The summed E-state index contributed by atoms with van der Waals surface area (Å²) in [7, 11) is -0.961. The fourth-order valence-electron chi connectivity index (χ4n) is 3.66. The number of likely N-dealkylation sites (N-methyl/N-ethyl adjacent to an activating group) is 1. The fourth-order valence-corrected chi connectivity index (χ4v) is 5.02. The summed E-state index contributed by atoms with van der Waals surface area (Å²) in [4.78, 5) is 16.0. The average molecular weight is 433 g/mol. The summed E-state index contributed by atoms with van der Waals surface area (Å²) >= 11 is 0. The lowest BCUT2D eigenvalue weighted by molar-refractivity contribution is -0.917. The summed E-state index contributed by atoms with van der Waals surface area (Å²) in [5, 5.41) is 0. The largest absolute Gasteiger partial charge is 0.495 e. The molecule has 2 aromatic carbocycles. The zero-order chi connectivity index (χ0) is 21.7. The van der Waals surface area contributed by atoms with Gasteiger partial charge in [0.2, 0.25) is 15.9 Å². The lowest BCUT2D eigenvalue weighted by Gasteiger charge is -2.33. The molecule has 0 bridgehead atoms. The van der Waals surface area contributed by atoms with Crippen molar-refractivity contribution in [3.63, 3.8) is 0 Å². The van der Waals surface area contributed by atoms with Crippen molar-refractivity contribution < 1.29 is 22.8 Å². The Labute approximate surface area is 178 Å². The topological polar surface area (TPSA) is 71.4 Å². The maximum atomic E-state index is 13.0. The van der Waals surface area contributed by atoms with Crippen molar-refractivity contribution >= 4 is 15.9 Å². The van der Waals surface area contributed by atoms with Crippen LogP contribution in [-0.2, 0) is 21.4 Å². The van der Waals surface area contributed by atoms with Crippen LogP contribution in [0, 0.1) is 6.92 Å². The normalized spacial score (nSPS) is 15.4. The Balaban J connectivity index is 1.59. The summed E-state index contributed by atoms with van der Waals surface area (Å²) in [6.45, 7) is 5.52. The Kier molecular flexibility index (Phi) is 7.12. The van der Waals surface area contributed by atoms with E-state index in [1.54, 1.807) is 23.1 Å². The number of nitrogens with one attached hydrogen (secondary N) is 1. The fraction of sp³-hybridized carbons (Fsp3) is 0.409. The van der Waals surface area contributed by atoms with Gasteiger partial charge in [-0.15, -0.1) is 0 Å². The number of carbonyl (C=O) groups is 1. The van der Waals surface area contributed by atoms with E-state index in [4.69, 9.17) is 4.74 Å². The Morgan fingerprint density at radius 3 is 2.43 bits per heavy atom. The zero-order valence-electron chi connectivity index (χ0n) is 17.8. The highest BCUT2D eigenvalue weighted by molar-refractivity contribution is 7.89. The Bertz CT molecular complexity index is 971. The Morgan fingerprint density at radius 2 is 1.80 bits per heavy atom. The molecule has 0 unspecified atom stereocenters.